The molecule has 1 N–H and O–H groups in total. The third-order valence-corrected chi connectivity index (χ3v) is 6.21. The van der Waals surface area contributed by atoms with E-state index < -0.39 is 5.60 Å². The van der Waals surface area contributed by atoms with Crippen molar-refractivity contribution in [2.75, 3.05) is 18.0 Å². The Kier molecular flexibility index (Phi) is 6.01. The van der Waals surface area contributed by atoms with Gasteiger partial charge in [0.1, 0.15) is 5.60 Å². The molecule has 3 aromatic carbocycles. The highest BCUT2D eigenvalue weighted by Crippen LogP contribution is 2.34. The highest BCUT2D eigenvalue weighted by Gasteiger charge is 2.32. The number of anilines is 1. The molecule has 2 nitrogen and oxygen atoms in total. The maximum absolute atomic E-state index is 11.9. The smallest absolute Gasteiger partial charge is 0.119 e. The monoisotopic (exact) mass is 385 g/mol. The van der Waals surface area contributed by atoms with Gasteiger partial charge < -0.3 is 10.0 Å². The van der Waals surface area contributed by atoms with Gasteiger partial charge in [0.2, 0.25) is 0 Å². The van der Waals surface area contributed by atoms with E-state index in [-0.39, 0.29) is 0 Å². The first-order chi connectivity index (χ1) is 14.2. The van der Waals surface area contributed by atoms with E-state index in [9.17, 15) is 5.11 Å². The third-order valence-electron chi connectivity index (χ3n) is 6.21. The van der Waals surface area contributed by atoms with E-state index in [2.05, 4.69) is 60.4 Å². The fourth-order valence-corrected chi connectivity index (χ4v) is 4.37. The molecular formula is C27H31NO. The Morgan fingerprint density at radius 1 is 0.724 bits per heavy atom. The number of nitrogens with zero attached hydrogens (tertiary/aromatic N) is 1. The second-order valence-corrected chi connectivity index (χ2v) is 8.17. The van der Waals surface area contributed by atoms with Crippen LogP contribution in [0.1, 0.15) is 48.4 Å². The van der Waals surface area contributed by atoms with E-state index in [1.807, 2.05) is 30.3 Å². The van der Waals surface area contributed by atoms with Gasteiger partial charge in [-0.15, -0.1) is 0 Å². The standard InChI is InChI=1S/C27H31NO/c1-2-22-11-13-23(14-12-22)21-27(29,24-9-5-3-6-10-24)25-15-17-26(18-16-25)28-19-7-4-8-20-28/h3,5-6,9-18,29H,2,4,7-8,19-21H2,1H3. The average molecular weight is 386 g/mol. The molecule has 1 atom stereocenters. The van der Waals surface area contributed by atoms with E-state index in [4.69, 9.17) is 0 Å². The lowest BCUT2D eigenvalue weighted by Gasteiger charge is -2.32. The molecule has 4 rings (SSSR count). The number of rotatable bonds is 6. The minimum absolute atomic E-state index is 0.560. The predicted octanol–water partition coefficient (Wildman–Crippen LogP) is 5.72. The average Bonchev–Trinajstić information content (AvgIpc) is 2.81. The van der Waals surface area contributed by atoms with Crippen LogP contribution in [0.4, 0.5) is 5.69 Å². The highest BCUT2D eigenvalue weighted by atomic mass is 16.3. The lowest BCUT2D eigenvalue weighted by atomic mass is 9.81. The molecule has 1 aliphatic rings. The molecule has 0 bridgehead atoms. The molecule has 1 fully saturated rings. The van der Waals surface area contributed by atoms with Crippen LogP contribution in [0, 0.1) is 0 Å². The van der Waals surface area contributed by atoms with Crippen molar-refractivity contribution in [3.05, 3.63) is 101 Å². The summed E-state index contributed by atoms with van der Waals surface area (Å²) in [7, 11) is 0. The summed E-state index contributed by atoms with van der Waals surface area (Å²) in [5.74, 6) is 0. The summed E-state index contributed by atoms with van der Waals surface area (Å²) in [6.07, 6.45) is 5.46. The molecule has 0 radical (unpaired) electrons. The summed E-state index contributed by atoms with van der Waals surface area (Å²) in [5, 5.41) is 11.9. The van der Waals surface area contributed by atoms with Gasteiger partial charge in [-0.25, -0.2) is 0 Å². The Morgan fingerprint density at radius 3 is 1.93 bits per heavy atom. The molecule has 150 valence electrons. The second kappa shape index (κ2) is 8.84. The number of benzene rings is 3. The SMILES string of the molecule is CCc1ccc(CC(O)(c2ccccc2)c2ccc(N3CCCCC3)cc2)cc1. The van der Waals surface area contributed by atoms with Crippen LogP contribution in [0.15, 0.2) is 78.9 Å². The van der Waals surface area contributed by atoms with Gasteiger partial charge in [0, 0.05) is 25.2 Å². The van der Waals surface area contributed by atoms with E-state index in [1.54, 1.807) is 0 Å². The Hall–Kier alpha value is -2.58. The molecule has 0 amide bonds. The molecule has 3 aromatic rings. The van der Waals surface area contributed by atoms with Gasteiger partial charge in [-0.1, -0.05) is 73.7 Å². The minimum Gasteiger partial charge on any atom is -0.380 e. The van der Waals surface area contributed by atoms with Crippen LogP contribution in [-0.4, -0.2) is 18.2 Å². The van der Waals surface area contributed by atoms with Gasteiger partial charge in [-0.3, -0.25) is 0 Å². The molecular weight excluding hydrogens is 354 g/mol. The maximum atomic E-state index is 11.9. The van der Waals surface area contributed by atoms with E-state index in [1.165, 1.54) is 30.5 Å². The fraction of sp³-hybridized carbons (Fsp3) is 0.333. The molecule has 0 aliphatic carbocycles. The Morgan fingerprint density at radius 2 is 1.31 bits per heavy atom. The summed E-state index contributed by atoms with van der Waals surface area (Å²) in [6, 6.07) is 27.3. The Labute approximate surface area is 174 Å². The quantitative estimate of drug-likeness (QED) is 0.587. The predicted molar refractivity (Wildman–Crippen MR) is 121 cm³/mol. The summed E-state index contributed by atoms with van der Waals surface area (Å²) in [6.45, 7) is 4.43. The van der Waals surface area contributed by atoms with Gasteiger partial charge in [0.25, 0.3) is 0 Å². The van der Waals surface area contributed by atoms with Gasteiger partial charge >= 0.3 is 0 Å². The summed E-state index contributed by atoms with van der Waals surface area (Å²) >= 11 is 0. The van der Waals surface area contributed by atoms with Crippen LogP contribution >= 0.6 is 0 Å². The number of piperidine rings is 1. The highest BCUT2D eigenvalue weighted by molar-refractivity contribution is 5.50. The fourth-order valence-electron chi connectivity index (χ4n) is 4.37. The van der Waals surface area contributed by atoms with Gasteiger partial charge in [-0.2, -0.15) is 0 Å². The summed E-state index contributed by atoms with van der Waals surface area (Å²) < 4.78 is 0. The van der Waals surface area contributed by atoms with Crippen LogP contribution in [-0.2, 0) is 18.4 Å². The van der Waals surface area contributed by atoms with E-state index >= 15 is 0 Å². The molecule has 1 heterocycles. The van der Waals surface area contributed by atoms with Crippen molar-refractivity contribution < 1.29 is 5.11 Å². The first-order valence-electron chi connectivity index (χ1n) is 10.9. The molecule has 1 saturated heterocycles. The van der Waals surface area contributed by atoms with E-state index in [0.29, 0.717) is 6.42 Å². The molecule has 2 heteroatoms. The van der Waals surface area contributed by atoms with Crippen molar-refractivity contribution in [1.82, 2.24) is 0 Å². The van der Waals surface area contributed by atoms with Crippen LogP contribution in [0.2, 0.25) is 0 Å². The maximum Gasteiger partial charge on any atom is 0.119 e. The Balaban J connectivity index is 1.66. The summed E-state index contributed by atoms with van der Waals surface area (Å²) in [4.78, 5) is 2.46. The van der Waals surface area contributed by atoms with Crippen molar-refractivity contribution in [3.63, 3.8) is 0 Å². The van der Waals surface area contributed by atoms with Crippen molar-refractivity contribution in [2.24, 2.45) is 0 Å². The molecule has 29 heavy (non-hydrogen) atoms. The zero-order valence-electron chi connectivity index (χ0n) is 17.3. The van der Waals surface area contributed by atoms with Crippen molar-refractivity contribution in [2.45, 2.75) is 44.6 Å². The molecule has 0 aromatic heterocycles. The van der Waals surface area contributed by atoms with Crippen molar-refractivity contribution >= 4 is 5.69 Å². The van der Waals surface area contributed by atoms with Crippen LogP contribution in [0.3, 0.4) is 0 Å². The lowest BCUT2D eigenvalue weighted by molar-refractivity contribution is 0.0811. The largest absolute Gasteiger partial charge is 0.380 e. The summed E-state index contributed by atoms with van der Waals surface area (Å²) in [5.41, 5.74) is 4.57. The van der Waals surface area contributed by atoms with Crippen molar-refractivity contribution in [3.8, 4) is 0 Å². The number of hydrogen-bond donors (Lipinski definition) is 1. The molecule has 0 saturated carbocycles. The zero-order chi connectivity index (χ0) is 20.1. The topological polar surface area (TPSA) is 23.5 Å². The lowest BCUT2D eigenvalue weighted by Crippen LogP contribution is -2.31. The normalized spacial score (nSPS) is 16.4. The number of aryl methyl sites for hydroxylation is 1. The first-order valence-corrected chi connectivity index (χ1v) is 10.9. The van der Waals surface area contributed by atoms with Crippen molar-refractivity contribution in [1.29, 1.82) is 0 Å². The molecule has 1 unspecified atom stereocenters. The van der Waals surface area contributed by atoms with Gasteiger partial charge in [-0.05, 0) is 60.1 Å². The van der Waals surface area contributed by atoms with Crippen LogP contribution < -0.4 is 4.90 Å². The molecule has 0 spiro atoms. The van der Waals surface area contributed by atoms with Crippen LogP contribution in [0.5, 0.6) is 0 Å². The Bertz CT molecular complexity index is 896. The second-order valence-electron chi connectivity index (χ2n) is 8.17. The van der Waals surface area contributed by atoms with Gasteiger partial charge in [0.15, 0.2) is 0 Å². The van der Waals surface area contributed by atoms with Crippen LogP contribution in [0.25, 0.3) is 0 Å². The number of hydrogen-bond acceptors (Lipinski definition) is 2. The molecule has 1 aliphatic heterocycles. The zero-order valence-corrected chi connectivity index (χ0v) is 17.3. The number of aliphatic hydroxyl groups is 1. The van der Waals surface area contributed by atoms with E-state index in [0.717, 1.165) is 36.2 Å². The third kappa shape index (κ3) is 4.38. The first kappa shape index (κ1) is 19.7. The minimum atomic E-state index is -1.05. The van der Waals surface area contributed by atoms with Gasteiger partial charge in [0.05, 0.1) is 0 Å².